The van der Waals surface area contributed by atoms with Crippen molar-refractivity contribution in [1.29, 1.82) is 0 Å². The summed E-state index contributed by atoms with van der Waals surface area (Å²) in [5, 5.41) is 9.80. The maximum absolute atomic E-state index is 12.8. The van der Waals surface area contributed by atoms with Crippen LogP contribution < -0.4 is 16.0 Å². The van der Waals surface area contributed by atoms with Crippen LogP contribution >= 0.6 is 11.6 Å². The van der Waals surface area contributed by atoms with Gasteiger partial charge in [0.1, 0.15) is 12.3 Å². The van der Waals surface area contributed by atoms with Crippen molar-refractivity contribution in [3.05, 3.63) is 73.9 Å². The van der Waals surface area contributed by atoms with Gasteiger partial charge in [0, 0.05) is 0 Å². The molecular weight excluding hydrogens is 360 g/mol. The molecule has 0 aliphatic carbocycles. The van der Waals surface area contributed by atoms with Gasteiger partial charge in [-0.25, -0.2) is 4.79 Å². The minimum absolute atomic E-state index is 0.0321. The minimum atomic E-state index is -1.17. The SMILES string of the molecule is COc1cc(Cn2c(=O)c3ccccc3n(CC(=O)O)c2=O)ccc1Cl. The summed E-state index contributed by atoms with van der Waals surface area (Å²) >= 11 is 6.00. The Morgan fingerprint density at radius 2 is 1.88 bits per heavy atom. The fourth-order valence-electron chi connectivity index (χ4n) is 2.78. The molecule has 26 heavy (non-hydrogen) atoms. The molecule has 0 amide bonds. The number of carboxylic acids is 1. The number of nitrogens with zero attached hydrogens (tertiary/aromatic N) is 2. The molecule has 0 saturated heterocycles. The van der Waals surface area contributed by atoms with Gasteiger partial charge in [-0.05, 0) is 29.8 Å². The highest BCUT2D eigenvalue weighted by atomic mass is 35.5. The quantitative estimate of drug-likeness (QED) is 0.737. The number of carbonyl (C=O) groups is 1. The van der Waals surface area contributed by atoms with Crippen molar-refractivity contribution in [2.75, 3.05) is 7.11 Å². The zero-order valence-corrected chi connectivity index (χ0v) is 14.6. The first-order chi connectivity index (χ1) is 12.4. The predicted molar refractivity (Wildman–Crippen MR) is 97.2 cm³/mol. The minimum Gasteiger partial charge on any atom is -0.495 e. The van der Waals surface area contributed by atoms with E-state index in [0.717, 1.165) is 9.13 Å². The summed E-state index contributed by atoms with van der Waals surface area (Å²) in [4.78, 5) is 36.7. The maximum atomic E-state index is 12.8. The molecule has 1 N–H and O–H groups in total. The molecule has 3 rings (SSSR count). The van der Waals surface area contributed by atoms with Gasteiger partial charge < -0.3 is 9.84 Å². The van der Waals surface area contributed by atoms with Crippen LogP contribution in [0.5, 0.6) is 5.75 Å². The highest BCUT2D eigenvalue weighted by Crippen LogP contribution is 2.25. The normalized spacial score (nSPS) is 10.8. The second-order valence-electron chi connectivity index (χ2n) is 5.64. The van der Waals surface area contributed by atoms with Gasteiger partial charge in [0.05, 0.1) is 29.6 Å². The van der Waals surface area contributed by atoms with E-state index >= 15 is 0 Å². The zero-order valence-electron chi connectivity index (χ0n) is 13.8. The molecule has 1 aromatic heterocycles. The van der Waals surface area contributed by atoms with Crippen LogP contribution in [0.3, 0.4) is 0 Å². The number of ether oxygens (including phenoxy) is 1. The first-order valence-corrected chi connectivity index (χ1v) is 8.06. The predicted octanol–water partition coefficient (Wildman–Crippen LogP) is 1.96. The summed E-state index contributed by atoms with van der Waals surface area (Å²) in [6, 6.07) is 11.3. The van der Waals surface area contributed by atoms with E-state index in [0.29, 0.717) is 16.3 Å². The molecule has 0 saturated carbocycles. The Labute approximate surface area is 152 Å². The van der Waals surface area contributed by atoms with Crippen molar-refractivity contribution >= 4 is 28.5 Å². The highest BCUT2D eigenvalue weighted by molar-refractivity contribution is 6.32. The molecule has 0 fully saturated rings. The Bertz CT molecular complexity index is 1120. The van der Waals surface area contributed by atoms with Crippen LogP contribution in [0.4, 0.5) is 0 Å². The second-order valence-corrected chi connectivity index (χ2v) is 6.05. The smallest absolute Gasteiger partial charge is 0.332 e. The van der Waals surface area contributed by atoms with Crippen LogP contribution in [-0.4, -0.2) is 27.3 Å². The molecule has 0 aliphatic rings. The van der Waals surface area contributed by atoms with Crippen molar-refractivity contribution in [3.8, 4) is 5.75 Å². The average Bonchev–Trinajstić information content (AvgIpc) is 2.63. The maximum Gasteiger partial charge on any atom is 0.332 e. The van der Waals surface area contributed by atoms with E-state index in [1.165, 1.54) is 7.11 Å². The van der Waals surface area contributed by atoms with E-state index in [4.69, 9.17) is 21.4 Å². The highest BCUT2D eigenvalue weighted by Gasteiger charge is 2.15. The van der Waals surface area contributed by atoms with E-state index in [-0.39, 0.29) is 17.4 Å². The van der Waals surface area contributed by atoms with E-state index in [1.54, 1.807) is 42.5 Å². The van der Waals surface area contributed by atoms with Gasteiger partial charge in [0.15, 0.2) is 0 Å². The third-order valence-corrected chi connectivity index (χ3v) is 4.29. The van der Waals surface area contributed by atoms with Gasteiger partial charge in [-0.3, -0.25) is 18.7 Å². The molecule has 3 aromatic rings. The van der Waals surface area contributed by atoms with Crippen molar-refractivity contribution in [3.63, 3.8) is 0 Å². The van der Waals surface area contributed by atoms with Crippen molar-refractivity contribution in [2.45, 2.75) is 13.1 Å². The Kier molecular flexibility index (Phi) is 4.81. The van der Waals surface area contributed by atoms with E-state index in [2.05, 4.69) is 0 Å². The van der Waals surface area contributed by atoms with Gasteiger partial charge >= 0.3 is 11.7 Å². The molecule has 7 nitrogen and oxygen atoms in total. The average molecular weight is 375 g/mol. The summed E-state index contributed by atoms with van der Waals surface area (Å²) in [5.74, 6) is -0.750. The molecule has 134 valence electrons. The summed E-state index contributed by atoms with van der Waals surface area (Å²) in [7, 11) is 1.47. The summed E-state index contributed by atoms with van der Waals surface area (Å²) in [6.07, 6.45) is 0. The van der Waals surface area contributed by atoms with E-state index < -0.39 is 23.8 Å². The molecule has 0 atom stereocenters. The van der Waals surface area contributed by atoms with Crippen molar-refractivity contribution in [1.82, 2.24) is 9.13 Å². The standard InChI is InChI=1S/C18H15ClN2O5/c1-26-15-8-11(6-7-13(15)19)9-21-17(24)12-4-2-3-5-14(12)20(18(21)25)10-16(22)23/h2-8H,9-10H2,1H3,(H,22,23). The number of carboxylic acid groups (broad SMARTS) is 1. The number of aliphatic carboxylic acids is 1. The molecule has 2 aromatic carbocycles. The molecule has 0 spiro atoms. The van der Waals surface area contributed by atoms with Crippen molar-refractivity contribution < 1.29 is 14.6 Å². The Morgan fingerprint density at radius 3 is 2.58 bits per heavy atom. The Morgan fingerprint density at radius 1 is 1.15 bits per heavy atom. The van der Waals surface area contributed by atoms with Crippen LogP contribution in [-0.2, 0) is 17.9 Å². The number of methoxy groups -OCH3 is 1. The lowest BCUT2D eigenvalue weighted by Gasteiger charge is -2.13. The second kappa shape index (κ2) is 7.05. The third kappa shape index (κ3) is 3.21. The first kappa shape index (κ1) is 17.8. The number of para-hydroxylation sites is 1. The lowest BCUT2D eigenvalue weighted by Crippen LogP contribution is -2.41. The van der Waals surface area contributed by atoms with E-state index in [9.17, 15) is 14.4 Å². The van der Waals surface area contributed by atoms with Gasteiger partial charge in [-0.1, -0.05) is 29.8 Å². The fraction of sp³-hybridized carbons (Fsp3) is 0.167. The molecule has 0 bridgehead atoms. The van der Waals surface area contributed by atoms with Gasteiger partial charge in [-0.2, -0.15) is 0 Å². The van der Waals surface area contributed by atoms with Crippen LogP contribution in [0.25, 0.3) is 10.9 Å². The number of hydrogen-bond acceptors (Lipinski definition) is 4. The summed E-state index contributed by atoms with van der Waals surface area (Å²) in [6.45, 7) is -0.570. The lowest BCUT2D eigenvalue weighted by atomic mass is 10.2. The third-order valence-electron chi connectivity index (χ3n) is 3.98. The van der Waals surface area contributed by atoms with Crippen LogP contribution in [0.15, 0.2) is 52.1 Å². The number of hydrogen-bond donors (Lipinski definition) is 1. The van der Waals surface area contributed by atoms with Crippen molar-refractivity contribution in [2.24, 2.45) is 0 Å². The first-order valence-electron chi connectivity index (χ1n) is 7.69. The molecular formula is C18H15ClN2O5. The topological polar surface area (TPSA) is 90.5 Å². The molecule has 0 radical (unpaired) electrons. The van der Waals surface area contributed by atoms with Crippen LogP contribution in [0, 0.1) is 0 Å². The Hall–Kier alpha value is -3.06. The monoisotopic (exact) mass is 374 g/mol. The Balaban J connectivity index is 2.21. The fourth-order valence-corrected chi connectivity index (χ4v) is 2.98. The zero-order chi connectivity index (χ0) is 18.8. The van der Waals surface area contributed by atoms with Gasteiger partial charge in [0.2, 0.25) is 0 Å². The molecule has 8 heteroatoms. The molecule has 0 aliphatic heterocycles. The van der Waals surface area contributed by atoms with Gasteiger partial charge in [0.25, 0.3) is 5.56 Å². The largest absolute Gasteiger partial charge is 0.495 e. The molecule has 0 unspecified atom stereocenters. The number of aromatic nitrogens is 2. The number of benzene rings is 2. The number of rotatable bonds is 5. The summed E-state index contributed by atoms with van der Waals surface area (Å²) in [5.41, 5.74) is -0.261. The summed E-state index contributed by atoms with van der Waals surface area (Å²) < 4.78 is 7.23. The van der Waals surface area contributed by atoms with Crippen LogP contribution in [0.1, 0.15) is 5.56 Å². The number of fused-ring (bicyclic) bond motifs is 1. The van der Waals surface area contributed by atoms with Crippen LogP contribution in [0.2, 0.25) is 5.02 Å². The lowest BCUT2D eigenvalue weighted by molar-refractivity contribution is -0.137. The van der Waals surface area contributed by atoms with E-state index in [1.807, 2.05) is 0 Å². The van der Waals surface area contributed by atoms with Gasteiger partial charge in [-0.15, -0.1) is 0 Å². The number of halogens is 1. The molecule has 1 heterocycles.